The van der Waals surface area contributed by atoms with E-state index in [0.29, 0.717) is 33.6 Å². The maximum Gasteiger partial charge on any atom is 0.323 e. The van der Waals surface area contributed by atoms with Gasteiger partial charge in [-0.25, -0.2) is 13.2 Å². The molecule has 7 nitrogen and oxygen atoms in total. The molecule has 0 amide bonds. The van der Waals surface area contributed by atoms with Crippen LogP contribution in [0.4, 0.5) is 5.69 Å². The molecule has 0 aliphatic rings. The molecule has 3 aromatic rings. The lowest BCUT2D eigenvalue weighted by Crippen LogP contribution is -2.15. The highest BCUT2D eigenvalue weighted by Crippen LogP contribution is 2.26. The van der Waals surface area contributed by atoms with E-state index >= 15 is 0 Å². The summed E-state index contributed by atoms with van der Waals surface area (Å²) in [7, 11) is -2.24. The molecule has 24 heavy (non-hydrogen) atoms. The van der Waals surface area contributed by atoms with E-state index in [-0.39, 0.29) is 10.6 Å². The quantitative estimate of drug-likeness (QED) is 0.673. The first-order chi connectivity index (χ1) is 11.3. The van der Waals surface area contributed by atoms with Gasteiger partial charge in [-0.2, -0.15) is 0 Å². The highest BCUT2D eigenvalue weighted by Gasteiger charge is 2.19. The zero-order chi connectivity index (χ0) is 17.5. The van der Waals surface area contributed by atoms with Gasteiger partial charge in [0.1, 0.15) is 5.75 Å². The monoisotopic (exact) mass is 347 g/mol. The summed E-state index contributed by atoms with van der Waals surface area (Å²) in [6, 6.07) is 8.07. The highest BCUT2D eigenvalue weighted by molar-refractivity contribution is 7.92. The second-order valence-electron chi connectivity index (χ2n) is 5.53. The van der Waals surface area contributed by atoms with Gasteiger partial charge in [-0.05, 0) is 55.3 Å². The fraction of sp³-hybridized carbons (Fsp3) is 0.188. The summed E-state index contributed by atoms with van der Waals surface area (Å²) in [5, 5.41) is 0. The van der Waals surface area contributed by atoms with Crippen LogP contribution in [0.1, 0.15) is 11.1 Å². The van der Waals surface area contributed by atoms with Crippen molar-refractivity contribution in [3.63, 3.8) is 0 Å². The van der Waals surface area contributed by atoms with E-state index in [0.717, 1.165) is 0 Å². The first kappa shape index (κ1) is 16.1. The van der Waals surface area contributed by atoms with Gasteiger partial charge in [0.2, 0.25) is 0 Å². The first-order valence-electron chi connectivity index (χ1n) is 7.20. The van der Waals surface area contributed by atoms with Crippen LogP contribution in [0, 0.1) is 13.8 Å². The minimum Gasteiger partial charge on any atom is -0.497 e. The summed E-state index contributed by atoms with van der Waals surface area (Å²) in [5.41, 5.74) is 2.52. The second-order valence-corrected chi connectivity index (χ2v) is 7.18. The number of ether oxygens (including phenoxy) is 1. The molecule has 0 unspecified atom stereocenters. The minimum atomic E-state index is -3.76. The molecule has 0 saturated heterocycles. The molecule has 3 rings (SSSR count). The number of sulfonamides is 1. The highest BCUT2D eigenvalue weighted by atomic mass is 32.2. The standard InChI is InChI=1S/C16H17N3O4S/c1-9-7-13-14(18-16(20)17-13)8-12(9)19-24(21,22)15-5-4-11(23-3)6-10(15)2/h4-8,19H,1-3H3,(H2,17,18,20). The summed E-state index contributed by atoms with van der Waals surface area (Å²) in [6.07, 6.45) is 0. The van der Waals surface area contributed by atoms with Gasteiger partial charge >= 0.3 is 5.69 Å². The molecule has 0 atom stereocenters. The Morgan fingerprint density at radius 3 is 2.29 bits per heavy atom. The molecular formula is C16H17N3O4S. The fourth-order valence-electron chi connectivity index (χ4n) is 2.55. The van der Waals surface area contributed by atoms with Crippen LogP contribution in [0.15, 0.2) is 40.0 Å². The van der Waals surface area contributed by atoms with Crippen LogP contribution in [0.3, 0.4) is 0 Å². The lowest BCUT2D eigenvalue weighted by Gasteiger charge is -2.13. The predicted octanol–water partition coefficient (Wildman–Crippen LogP) is 2.28. The number of nitrogens with one attached hydrogen (secondary N) is 3. The van der Waals surface area contributed by atoms with Crippen molar-refractivity contribution in [1.29, 1.82) is 0 Å². The van der Waals surface area contributed by atoms with Crippen LogP contribution in [0.2, 0.25) is 0 Å². The molecule has 3 N–H and O–H groups in total. The normalized spacial score (nSPS) is 11.6. The number of hydrogen-bond acceptors (Lipinski definition) is 4. The van der Waals surface area contributed by atoms with Crippen molar-refractivity contribution in [2.24, 2.45) is 0 Å². The van der Waals surface area contributed by atoms with Crippen molar-refractivity contribution < 1.29 is 13.2 Å². The van der Waals surface area contributed by atoms with E-state index < -0.39 is 10.0 Å². The summed E-state index contributed by atoms with van der Waals surface area (Å²) in [5.74, 6) is 0.592. The third-order valence-electron chi connectivity index (χ3n) is 3.78. The number of imidazole rings is 1. The molecule has 8 heteroatoms. The first-order valence-corrected chi connectivity index (χ1v) is 8.68. The molecule has 0 radical (unpaired) electrons. The van der Waals surface area contributed by atoms with Gasteiger partial charge in [-0.15, -0.1) is 0 Å². The Bertz CT molecular complexity index is 1080. The van der Waals surface area contributed by atoms with Gasteiger partial charge in [0.25, 0.3) is 10.0 Å². The van der Waals surface area contributed by atoms with Crippen LogP contribution in [-0.4, -0.2) is 25.5 Å². The molecule has 126 valence electrons. The molecular weight excluding hydrogens is 330 g/mol. The van der Waals surface area contributed by atoms with Crippen molar-refractivity contribution >= 4 is 26.7 Å². The zero-order valence-corrected chi connectivity index (χ0v) is 14.2. The van der Waals surface area contributed by atoms with Crippen LogP contribution in [0.5, 0.6) is 5.75 Å². The van der Waals surface area contributed by atoms with E-state index in [1.165, 1.54) is 13.2 Å². The molecule has 1 aromatic heterocycles. The van der Waals surface area contributed by atoms with Crippen molar-refractivity contribution in [2.75, 3.05) is 11.8 Å². The number of anilines is 1. The van der Waals surface area contributed by atoms with E-state index in [4.69, 9.17) is 4.74 Å². The molecule has 0 saturated carbocycles. The van der Waals surface area contributed by atoms with Crippen LogP contribution >= 0.6 is 0 Å². The lowest BCUT2D eigenvalue weighted by molar-refractivity contribution is 0.414. The number of fused-ring (bicyclic) bond motifs is 1. The number of aryl methyl sites for hydroxylation is 2. The smallest absolute Gasteiger partial charge is 0.323 e. The number of hydrogen-bond donors (Lipinski definition) is 3. The van der Waals surface area contributed by atoms with E-state index in [2.05, 4.69) is 14.7 Å². The third-order valence-corrected chi connectivity index (χ3v) is 5.30. The number of H-pyrrole nitrogens is 2. The van der Waals surface area contributed by atoms with Gasteiger partial charge in [-0.1, -0.05) is 0 Å². The molecule has 0 aliphatic carbocycles. The largest absolute Gasteiger partial charge is 0.497 e. The Morgan fingerprint density at radius 2 is 1.67 bits per heavy atom. The van der Waals surface area contributed by atoms with Gasteiger partial charge in [0.05, 0.1) is 28.7 Å². The predicted molar refractivity (Wildman–Crippen MR) is 92.2 cm³/mol. The van der Waals surface area contributed by atoms with Crippen LogP contribution < -0.4 is 15.1 Å². The average Bonchev–Trinajstić information content (AvgIpc) is 2.85. The van der Waals surface area contributed by atoms with E-state index in [9.17, 15) is 13.2 Å². The molecule has 0 spiro atoms. The zero-order valence-electron chi connectivity index (χ0n) is 13.4. The summed E-state index contributed by atoms with van der Waals surface area (Å²) >= 11 is 0. The summed E-state index contributed by atoms with van der Waals surface area (Å²) in [4.78, 5) is 16.8. The van der Waals surface area contributed by atoms with Crippen molar-refractivity contribution in [2.45, 2.75) is 18.7 Å². The number of aromatic amines is 2. The maximum absolute atomic E-state index is 12.7. The van der Waals surface area contributed by atoms with E-state index in [1.54, 1.807) is 38.1 Å². The summed E-state index contributed by atoms with van der Waals surface area (Å²) < 4.78 is 33.0. The SMILES string of the molecule is COc1ccc(S(=O)(=O)Nc2cc3[nH]c(=O)[nH]c3cc2C)c(C)c1. The van der Waals surface area contributed by atoms with E-state index in [1.807, 2.05) is 0 Å². The van der Waals surface area contributed by atoms with Gasteiger partial charge in [-0.3, -0.25) is 4.72 Å². The fourth-order valence-corrected chi connectivity index (χ4v) is 3.90. The summed E-state index contributed by atoms with van der Waals surface area (Å²) in [6.45, 7) is 3.47. The van der Waals surface area contributed by atoms with Gasteiger partial charge < -0.3 is 14.7 Å². The molecule has 1 heterocycles. The minimum absolute atomic E-state index is 0.172. The number of methoxy groups -OCH3 is 1. The van der Waals surface area contributed by atoms with Gasteiger partial charge in [0.15, 0.2) is 0 Å². The third kappa shape index (κ3) is 2.88. The van der Waals surface area contributed by atoms with Crippen molar-refractivity contribution in [3.8, 4) is 5.75 Å². The van der Waals surface area contributed by atoms with Crippen LogP contribution in [0.25, 0.3) is 11.0 Å². The Labute approximate surface area is 138 Å². The lowest BCUT2D eigenvalue weighted by atomic mass is 10.2. The number of rotatable bonds is 4. The average molecular weight is 347 g/mol. The Hall–Kier alpha value is -2.74. The molecule has 0 bridgehead atoms. The van der Waals surface area contributed by atoms with Crippen molar-refractivity contribution in [1.82, 2.24) is 9.97 Å². The number of benzene rings is 2. The topological polar surface area (TPSA) is 104 Å². The van der Waals surface area contributed by atoms with Gasteiger partial charge in [0, 0.05) is 0 Å². The van der Waals surface area contributed by atoms with Crippen molar-refractivity contribution in [3.05, 3.63) is 51.9 Å². The Balaban J connectivity index is 2.03. The maximum atomic E-state index is 12.7. The second kappa shape index (κ2) is 5.72. The molecule has 0 aliphatic heterocycles. The molecule has 0 fully saturated rings. The van der Waals surface area contributed by atoms with Crippen LogP contribution in [-0.2, 0) is 10.0 Å². The Morgan fingerprint density at radius 1 is 1.00 bits per heavy atom. The number of aromatic nitrogens is 2. The molecule has 2 aromatic carbocycles. The Kier molecular flexibility index (Phi) is 3.84.